The van der Waals surface area contributed by atoms with Gasteiger partial charge in [0.05, 0.1) is 0 Å². The molecule has 96 valence electrons. The van der Waals surface area contributed by atoms with E-state index in [0.29, 0.717) is 12.0 Å². The average molecular weight is 227 g/mol. The Balaban J connectivity index is 2.43. The predicted octanol–water partition coefficient (Wildman–Crippen LogP) is 2.91. The van der Waals surface area contributed by atoms with E-state index in [1.165, 1.54) is 32.4 Å². The SMILES string of the molecule is CCC1(C)CCN(CC(C)(CC)CO)CC1. The van der Waals surface area contributed by atoms with Crippen LogP contribution >= 0.6 is 0 Å². The zero-order chi connectivity index (χ0) is 12.2. The molecule has 0 radical (unpaired) electrons. The molecule has 0 aromatic rings. The molecule has 1 fully saturated rings. The molecule has 1 rings (SSSR count). The van der Waals surface area contributed by atoms with Crippen LogP contribution in [0.3, 0.4) is 0 Å². The first-order valence-electron chi connectivity index (χ1n) is 6.80. The van der Waals surface area contributed by atoms with E-state index in [1.54, 1.807) is 0 Å². The topological polar surface area (TPSA) is 23.5 Å². The second kappa shape index (κ2) is 5.50. The third-order valence-corrected chi connectivity index (χ3v) is 4.76. The van der Waals surface area contributed by atoms with Gasteiger partial charge in [-0.05, 0) is 37.8 Å². The lowest BCUT2D eigenvalue weighted by molar-refractivity contribution is 0.0461. The third-order valence-electron chi connectivity index (χ3n) is 4.76. The lowest BCUT2D eigenvalue weighted by Crippen LogP contribution is -2.44. The fourth-order valence-electron chi connectivity index (χ4n) is 2.42. The first kappa shape index (κ1) is 14.0. The Morgan fingerprint density at radius 3 is 2.19 bits per heavy atom. The zero-order valence-electron chi connectivity index (χ0n) is 11.6. The van der Waals surface area contributed by atoms with E-state index >= 15 is 0 Å². The van der Waals surface area contributed by atoms with E-state index < -0.39 is 0 Å². The normalized spacial score (nSPS) is 25.3. The Morgan fingerprint density at radius 2 is 1.81 bits per heavy atom. The molecular formula is C14H29NO. The van der Waals surface area contributed by atoms with Crippen LogP contribution in [0.25, 0.3) is 0 Å². The summed E-state index contributed by atoms with van der Waals surface area (Å²) in [7, 11) is 0. The highest BCUT2D eigenvalue weighted by Crippen LogP contribution is 2.35. The fourth-order valence-corrected chi connectivity index (χ4v) is 2.42. The quantitative estimate of drug-likeness (QED) is 0.780. The molecule has 1 atom stereocenters. The molecule has 1 unspecified atom stereocenters. The molecule has 16 heavy (non-hydrogen) atoms. The van der Waals surface area contributed by atoms with Crippen molar-refractivity contribution in [2.75, 3.05) is 26.2 Å². The van der Waals surface area contributed by atoms with E-state index in [2.05, 4.69) is 32.6 Å². The molecule has 0 amide bonds. The molecular weight excluding hydrogens is 198 g/mol. The van der Waals surface area contributed by atoms with Gasteiger partial charge in [-0.3, -0.25) is 0 Å². The lowest BCUT2D eigenvalue weighted by Gasteiger charge is -2.42. The van der Waals surface area contributed by atoms with Crippen molar-refractivity contribution in [3.63, 3.8) is 0 Å². The summed E-state index contributed by atoms with van der Waals surface area (Å²) in [6.45, 7) is 12.9. The van der Waals surface area contributed by atoms with Crippen molar-refractivity contribution < 1.29 is 5.11 Å². The Labute approximate surface area is 101 Å². The maximum atomic E-state index is 9.44. The summed E-state index contributed by atoms with van der Waals surface area (Å²) in [5.74, 6) is 0. The largest absolute Gasteiger partial charge is 0.396 e. The monoisotopic (exact) mass is 227 g/mol. The maximum absolute atomic E-state index is 9.44. The van der Waals surface area contributed by atoms with E-state index in [9.17, 15) is 5.11 Å². The molecule has 1 N–H and O–H groups in total. The fraction of sp³-hybridized carbons (Fsp3) is 1.00. The van der Waals surface area contributed by atoms with E-state index in [1.807, 2.05) is 0 Å². The van der Waals surface area contributed by atoms with E-state index in [0.717, 1.165) is 13.0 Å². The lowest BCUT2D eigenvalue weighted by atomic mass is 9.77. The number of aliphatic hydroxyl groups excluding tert-OH is 1. The second-order valence-electron chi connectivity index (χ2n) is 6.26. The predicted molar refractivity (Wildman–Crippen MR) is 69.6 cm³/mol. The van der Waals surface area contributed by atoms with Gasteiger partial charge in [0.15, 0.2) is 0 Å². The smallest absolute Gasteiger partial charge is 0.0496 e. The van der Waals surface area contributed by atoms with Crippen LogP contribution in [-0.2, 0) is 0 Å². The van der Waals surface area contributed by atoms with Gasteiger partial charge in [-0.25, -0.2) is 0 Å². The molecule has 2 heteroatoms. The van der Waals surface area contributed by atoms with Crippen molar-refractivity contribution in [2.45, 2.75) is 53.4 Å². The number of hydrogen-bond acceptors (Lipinski definition) is 2. The maximum Gasteiger partial charge on any atom is 0.0496 e. The Bertz CT molecular complexity index is 203. The summed E-state index contributed by atoms with van der Waals surface area (Å²) >= 11 is 0. The van der Waals surface area contributed by atoms with Crippen LogP contribution in [0.15, 0.2) is 0 Å². The minimum Gasteiger partial charge on any atom is -0.396 e. The summed E-state index contributed by atoms with van der Waals surface area (Å²) in [6, 6.07) is 0. The standard InChI is InChI=1S/C14H29NO/c1-5-13(3)7-9-15(10-8-13)11-14(4,6-2)12-16/h16H,5-12H2,1-4H3. The van der Waals surface area contributed by atoms with Crippen molar-refractivity contribution >= 4 is 0 Å². The highest BCUT2D eigenvalue weighted by atomic mass is 16.3. The van der Waals surface area contributed by atoms with Crippen molar-refractivity contribution in [3.8, 4) is 0 Å². The third kappa shape index (κ3) is 3.46. The molecule has 0 aromatic carbocycles. The molecule has 1 heterocycles. The van der Waals surface area contributed by atoms with Gasteiger partial charge in [-0.1, -0.05) is 34.1 Å². The van der Waals surface area contributed by atoms with E-state index in [4.69, 9.17) is 0 Å². The minimum absolute atomic E-state index is 0.0972. The van der Waals surface area contributed by atoms with Crippen molar-refractivity contribution in [1.82, 2.24) is 4.90 Å². The van der Waals surface area contributed by atoms with Gasteiger partial charge in [-0.2, -0.15) is 0 Å². The minimum atomic E-state index is 0.0972. The van der Waals surface area contributed by atoms with Gasteiger partial charge in [0.1, 0.15) is 0 Å². The van der Waals surface area contributed by atoms with Crippen LogP contribution < -0.4 is 0 Å². The highest BCUT2D eigenvalue weighted by molar-refractivity contribution is 4.84. The summed E-state index contributed by atoms with van der Waals surface area (Å²) < 4.78 is 0. The molecule has 1 aliphatic rings. The van der Waals surface area contributed by atoms with Gasteiger partial charge in [0.2, 0.25) is 0 Å². The second-order valence-corrected chi connectivity index (χ2v) is 6.26. The number of aliphatic hydroxyl groups is 1. The summed E-state index contributed by atoms with van der Waals surface area (Å²) in [4.78, 5) is 2.54. The molecule has 1 aliphatic heterocycles. The van der Waals surface area contributed by atoms with E-state index in [-0.39, 0.29) is 5.41 Å². The highest BCUT2D eigenvalue weighted by Gasteiger charge is 2.31. The first-order chi connectivity index (χ1) is 7.47. The molecule has 2 nitrogen and oxygen atoms in total. The molecule has 0 bridgehead atoms. The van der Waals surface area contributed by atoms with Gasteiger partial charge in [0, 0.05) is 18.6 Å². The molecule has 1 saturated heterocycles. The van der Waals surface area contributed by atoms with Gasteiger partial charge < -0.3 is 10.0 Å². The van der Waals surface area contributed by atoms with Crippen LogP contribution in [0, 0.1) is 10.8 Å². The van der Waals surface area contributed by atoms with Crippen LogP contribution in [0.5, 0.6) is 0 Å². The Morgan fingerprint density at radius 1 is 1.25 bits per heavy atom. The number of rotatable bonds is 5. The number of piperidine rings is 1. The first-order valence-corrected chi connectivity index (χ1v) is 6.80. The number of hydrogen-bond donors (Lipinski definition) is 1. The van der Waals surface area contributed by atoms with Crippen LogP contribution in [-0.4, -0.2) is 36.2 Å². The molecule has 0 aliphatic carbocycles. The van der Waals surface area contributed by atoms with Crippen LogP contribution in [0.4, 0.5) is 0 Å². The molecule has 0 spiro atoms. The van der Waals surface area contributed by atoms with Crippen LogP contribution in [0.1, 0.15) is 53.4 Å². The summed E-state index contributed by atoms with van der Waals surface area (Å²) in [5, 5.41) is 9.44. The average Bonchev–Trinajstić information content (AvgIpc) is 2.32. The van der Waals surface area contributed by atoms with Crippen molar-refractivity contribution in [3.05, 3.63) is 0 Å². The number of likely N-dealkylation sites (tertiary alicyclic amines) is 1. The van der Waals surface area contributed by atoms with Crippen molar-refractivity contribution in [1.29, 1.82) is 0 Å². The molecule has 0 aromatic heterocycles. The number of nitrogens with zero attached hydrogens (tertiary/aromatic N) is 1. The van der Waals surface area contributed by atoms with Crippen molar-refractivity contribution in [2.24, 2.45) is 10.8 Å². The summed E-state index contributed by atoms with van der Waals surface area (Å²) in [6.07, 6.45) is 4.99. The summed E-state index contributed by atoms with van der Waals surface area (Å²) in [5.41, 5.74) is 0.665. The van der Waals surface area contributed by atoms with Gasteiger partial charge >= 0.3 is 0 Å². The Hall–Kier alpha value is -0.0800. The van der Waals surface area contributed by atoms with Crippen LogP contribution in [0.2, 0.25) is 0 Å². The molecule has 0 saturated carbocycles. The van der Waals surface area contributed by atoms with Gasteiger partial charge in [-0.15, -0.1) is 0 Å². The Kier molecular flexibility index (Phi) is 4.81. The zero-order valence-corrected chi connectivity index (χ0v) is 11.6. The van der Waals surface area contributed by atoms with Gasteiger partial charge in [0.25, 0.3) is 0 Å².